The molecular formula is C5H11ClN2O2. The number of aliphatic hydroxyl groups excluding tert-OH is 1. The molecular weight excluding hydrogens is 156 g/mol. The first-order chi connectivity index (χ1) is 4.20. The Labute approximate surface area is 65.2 Å². The van der Waals surface area contributed by atoms with Gasteiger partial charge in [-0.15, -0.1) is 12.4 Å². The van der Waals surface area contributed by atoms with Crippen LogP contribution in [-0.4, -0.2) is 29.7 Å². The molecule has 1 saturated heterocycles. The Morgan fingerprint density at radius 1 is 1.70 bits per heavy atom. The molecule has 1 fully saturated rings. The normalized spacial score (nSPS) is 31.3. The van der Waals surface area contributed by atoms with Gasteiger partial charge in [0.1, 0.15) is 0 Å². The third kappa shape index (κ3) is 2.13. The minimum Gasteiger partial charge on any atom is -0.392 e. The van der Waals surface area contributed by atoms with Gasteiger partial charge in [-0.1, -0.05) is 0 Å². The smallest absolute Gasteiger partial charge is 0.234 e. The van der Waals surface area contributed by atoms with Crippen LogP contribution in [0.2, 0.25) is 0 Å². The van der Waals surface area contributed by atoms with Crippen molar-refractivity contribution in [1.82, 2.24) is 5.32 Å². The number of carbonyl (C=O) groups is 1. The van der Waals surface area contributed by atoms with Crippen LogP contribution in [0.3, 0.4) is 0 Å². The topological polar surface area (TPSA) is 75.4 Å². The molecule has 1 rings (SSSR count). The van der Waals surface area contributed by atoms with Crippen LogP contribution in [0.15, 0.2) is 0 Å². The maximum Gasteiger partial charge on any atom is 0.234 e. The van der Waals surface area contributed by atoms with E-state index in [-0.39, 0.29) is 24.4 Å². The van der Waals surface area contributed by atoms with Crippen LogP contribution in [0.25, 0.3) is 0 Å². The number of halogens is 1. The van der Waals surface area contributed by atoms with E-state index in [4.69, 9.17) is 10.8 Å². The number of carbonyl (C=O) groups excluding carboxylic acids is 1. The van der Waals surface area contributed by atoms with E-state index < -0.39 is 6.10 Å². The van der Waals surface area contributed by atoms with Crippen molar-refractivity contribution in [3.8, 4) is 0 Å². The molecule has 1 amide bonds. The van der Waals surface area contributed by atoms with Gasteiger partial charge in [0, 0.05) is 6.54 Å². The van der Waals surface area contributed by atoms with Crippen LogP contribution in [0.4, 0.5) is 0 Å². The molecule has 0 spiro atoms. The molecule has 1 aliphatic heterocycles. The van der Waals surface area contributed by atoms with Crippen LogP contribution in [0.1, 0.15) is 6.42 Å². The number of hydrogen-bond donors (Lipinski definition) is 3. The Morgan fingerprint density at radius 3 is 2.50 bits per heavy atom. The van der Waals surface area contributed by atoms with Crippen LogP contribution in [-0.2, 0) is 4.79 Å². The average Bonchev–Trinajstić information content (AvgIpc) is 2.14. The number of β-amino-alcohol motifs (C(OH)–C–C–N with tert-alkyl or cyclic N) is 1. The zero-order valence-corrected chi connectivity index (χ0v) is 6.23. The fraction of sp³-hybridized carbons (Fsp3) is 0.800. The summed E-state index contributed by atoms with van der Waals surface area (Å²) < 4.78 is 0. The average molecular weight is 167 g/mol. The second kappa shape index (κ2) is 3.75. The molecule has 0 aromatic heterocycles. The number of nitrogens with one attached hydrogen (secondary N) is 1. The Bertz CT molecular complexity index is 131. The SMILES string of the molecule is Cl.NC(=O)[C@H]1C[C@H](O)CN1. The van der Waals surface area contributed by atoms with Gasteiger partial charge in [0.25, 0.3) is 0 Å². The van der Waals surface area contributed by atoms with Crippen molar-refractivity contribution in [3.63, 3.8) is 0 Å². The summed E-state index contributed by atoms with van der Waals surface area (Å²) in [6.07, 6.45) is 0.0532. The van der Waals surface area contributed by atoms with Crippen molar-refractivity contribution in [2.75, 3.05) is 6.54 Å². The van der Waals surface area contributed by atoms with E-state index >= 15 is 0 Å². The summed E-state index contributed by atoms with van der Waals surface area (Å²) in [7, 11) is 0. The first kappa shape index (κ1) is 9.68. The van der Waals surface area contributed by atoms with E-state index in [1.807, 2.05) is 0 Å². The molecule has 0 bridgehead atoms. The number of nitrogens with two attached hydrogens (primary N) is 1. The zero-order valence-electron chi connectivity index (χ0n) is 5.41. The maximum absolute atomic E-state index is 10.4. The van der Waals surface area contributed by atoms with Crippen LogP contribution in [0, 0.1) is 0 Å². The lowest BCUT2D eigenvalue weighted by Gasteiger charge is -2.01. The minimum absolute atomic E-state index is 0. The summed E-state index contributed by atoms with van der Waals surface area (Å²) in [5.74, 6) is -0.383. The van der Waals surface area contributed by atoms with Gasteiger partial charge in [-0.05, 0) is 6.42 Å². The Balaban J connectivity index is 0.000000810. The summed E-state index contributed by atoms with van der Waals surface area (Å²) in [6.45, 7) is 0.480. The summed E-state index contributed by atoms with van der Waals surface area (Å²) in [5, 5.41) is 11.7. The largest absolute Gasteiger partial charge is 0.392 e. The molecule has 0 radical (unpaired) electrons. The van der Waals surface area contributed by atoms with Crippen LogP contribution >= 0.6 is 12.4 Å². The van der Waals surface area contributed by atoms with Gasteiger partial charge in [0.15, 0.2) is 0 Å². The molecule has 5 heteroatoms. The van der Waals surface area contributed by atoms with Crippen molar-refractivity contribution in [2.24, 2.45) is 5.73 Å². The standard InChI is InChI=1S/C5H10N2O2.ClH/c6-5(9)4-1-3(8)2-7-4;/h3-4,7-8H,1-2H2,(H2,6,9);1H/t3-,4+;/m0./s1. The van der Waals surface area contributed by atoms with Crippen molar-refractivity contribution in [1.29, 1.82) is 0 Å². The zero-order chi connectivity index (χ0) is 6.85. The Hall–Kier alpha value is -0.320. The van der Waals surface area contributed by atoms with Gasteiger partial charge in [-0.3, -0.25) is 4.79 Å². The summed E-state index contributed by atoms with van der Waals surface area (Å²) in [4.78, 5) is 10.4. The lowest BCUT2D eigenvalue weighted by Crippen LogP contribution is -2.36. The van der Waals surface area contributed by atoms with E-state index in [1.54, 1.807) is 0 Å². The minimum atomic E-state index is -0.400. The summed E-state index contributed by atoms with van der Waals surface area (Å²) >= 11 is 0. The second-order valence-corrected chi connectivity index (χ2v) is 2.25. The van der Waals surface area contributed by atoms with Crippen LogP contribution < -0.4 is 11.1 Å². The van der Waals surface area contributed by atoms with Gasteiger partial charge in [0.05, 0.1) is 12.1 Å². The highest BCUT2D eigenvalue weighted by molar-refractivity contribution is 5.85. The van der Waals surface area contributed by atoms with Crippen molar-refractivity contribution < 1.29 is 9.90 Å². The molecule has 0 aromatic carbocycles. The van der Waals surface area contributed by atoms with Crippen LogP contribution in [0.5, 0.6) is 0 Å². The number of hydrogen-bond acceptors (Lipinski definition) is 3. The number of rotatable bonds is 1. The highest BCUT2D eigenvalue weighted by atomic mass is 35.5. The summed E-state index contributed by atoms with van der Waals surface area (Å²) in [6, 6.07) is -0.319. The van der Waals surface area contributed by atoms with Gasteiger partial charge in [0.2, 0.25) is 5.91 Å². The molecule has 4 nitrogen and oxygen atoms in total. The van der Waals surface area contributed by atoms with Gasteiger partial charge in [-0.2, -0.15) is 0 Å². The molecule has 4 N–H and O–H groups in total. The fourth-order valence-corrected chi connectivity index (χ4v) is 0.934. The van der Waals surface area contributed by atoms with Gasteiger partial charge in [-0.25, -0.2) is 0 Å². The maximum atomic E-state index is 10.4. The van der Waals surface area contributed by atoms with E-state index in [0.717, 1.165) is 0 Å². The molecule has 0 aliphatic carbocycles. The third-order valence-corrected chi connectivity index (χ3v) is 1.45. The Kier molecular flexibility index (Phi) is 3.63. The molecule has 0 saturated carbocycles. The molecule has 1 aliphatic rings. The Morgan fingerprint density at radius 2 is 2.30 bits per heavy atom. The quantitative estimate of drug-likeness (QED) is 0.449. The molecule has 10 heavy (non-hydrogen) atoms. The molecule has 0 unspecified atom stereocenters. The van der Waals surface area contributed by atoms with E-state index in [0.29, 0.717) is 13.0 Å². The first-order valence-electron chi connectivity index (χ1n) is 2.91. The first-order valence-corrected chi connectivity index (χ1v) is 2.91. The van der Waals surface area contributed by atoms with Crippen molar-refractivity contribution >= 4 is 18.3 Å². The third-order valence-electron chi connectivity index (χ3n) is 1.45. The molecule has 2 atom stereocenters. The lowest BCUT2D eigenvalue weighted by atomic mass is 10.2. The number of amides is 1. The lowest BCUT2D eigenvalue weighted by molar-refractivity contribution is -0.119. The van der Waals surface area contributed by atoms with E-state index in [9.17, 15) is 4.79 Å². The molecule has 0 aromatic rings. The predicted molar refractivity (Wildman–Crippen MR) is 38.9 cm³/mol. The second-order valence-electron chi connectivity index (χ2n) is 2.25. The van der Waals surface area contributed by atoms with E-state index in [2.05, 4.69) is 5.32 Å². The molecule has 1 heterocycles. The monoisotopic (exact) mass is 166 g/mol. The van der Waals surface area contributed by atoms with E-state index in [1.165, 1.54) is 0 Å². The highest BCUT2D eigenvalue weighted by Gasteiger charge is 2.25. The van der Waals surface area contributed by atoms with Crippen molar-refractivity contribution in [3.05, 3.63) is 0 Å². The summed E-state index contributed by atoms with van der Waals surface area (Å²) in [5.41, 5.74) is 4.95. The van der Waals surface area contributed by atoms with Gasteiger partial charge < -0.3 is 16.2 Å². The van der Waals surface area contributed by atoms with Gasteiger partial charge >= 0.3 is 0 Å². The number of aliphatic hydroxyl groups is 1. The predicted octanol–water partition coefficient (Wildman–Crippen LogP) is -1.38. The van der Waals surface area contributed by atoms with Crippen molar-refractivity contribution in [2.45, 2.75) is 18.6 Å². The fourth-order valence-electron chi connectivity index (χ4n) is 0.934. The number of primary amides is 1. The molecule has 60 valence electrons. The highest BCUT2D eigenvalue weighted by Crippen LogP contribution is 2.04.